The van der Waals surface area contributed by atoms with E-state index in [9.17, 15) is 15.0 Å². The van der Waals surface area contributed by atoms with Gasteiger partial charge in [0.05, 0.1) is 11.8 Å². The maximum absolute atomic E-state index is 10.3. The van der Waals surface area contributed by atoms with Gasteiger partial charge < -0.3 is 10.2 Å². The minimum Gasteiger partial charge on any atom is -0.389 e. The van der Waals surface area contributed by atoms with Gasteiger partial charge in [0, 0.05) is 17.5 Å². The second kappa shape index (κ2) is 5.09. The number of pyridine rings is 1. The molecular formula is C9H11NO3S. The normalized spacial score (nSPS) is 14.8. The molecule has 4 nitrogen and oxygen atoms in total. The van der Waals surface area contributed by atoms with Crippen LogP contribution in [0.25, 0.3) is 0 Å². The summed E-state index contributed by atoms with van der Waals surface area (Å²) in [7, 11) is 0. The molecule has 2 unspecified atom stereocenters. The lowest BCUT2D eigenvalue weighted by Gasteiger charge is -2.14. The number of aldehydes is 1. The Kier molecular flexibility index (Phi) is 4.06. The number of rotatable bonds is 4. The van der Waals surface area contributed by atoms with Crippen LogP contribution >= 0.6 is 12.6 Å². The quantitative estimate of drug-likeness (QED) is 0.494. The average molecular weight is 213 g/mol. The van der Waals surface area contributed by atoms with Gasteiger partial charge in [-0.1, -0.05) is 0 Å². The van der Waals surface area contributed by atoms with Crippen LogP contribution in [0.2, 0.25) is 0 Å². The van der Waals surface area contributed by atoms with Crippen LogP contribution in [0.4, 0.5) is 0 Å². The Morgan fingerprint density at radius 2 is 2.21 bits per heavy atom. The van der Waals surface area contributed by atoms with E-state index in [1.807, 2.05) is 0 Å². The fourth-order valence-corrected chi connectivity index (χ4v) is 1.16. The lowest BCUT2D eigenvalue weighted by Crippen LogP contribution is -2.20. The molecule has 0 aliphatic carbocycles. The van der Waals surface area contributed by atoms with Crippen molar-refractivity contribution in [2.45, 2.75) is 12.2 Å². The molecule has 2 N–H and O–H groups in total. The highest BCUT2D eigenvalue weighted by Crippen LogP contribution is 2.15. The molecule has 1 aromatic heterocycles. The molecule has 0 amide bonds. The van der Waals surface area contributed by atoms with E-state index in [4.69, 9.17) is 0 Å². The third-order valence-corrected chi connectivity index (χ3v) is 2.17. The van der Waals surface area contributed by atoms with Crippen LogP contribution in [0, 0.1) is 0 Å². The molecule has 1 aromatic rings. The van der Waals surface area contributed by atoms with E-state index in [2.05, 4.69) is 17.6 Å². The minimum absolute atomic E-state index is 0.151. The van der Waals surface area contributed by atoms with Crippen molar-refractivity contribution in [3.05, 3.63) is 29.6 Å². The van der Waals surface area contributed by atoms with E-state index < -0.39 is 12.2 Å². The molecule has 0 bridgehead atoms. The van der Waals surface area contributed by atoms with Gasteiger partial charge in [0.1, 0.15) is 6.10 Å². The maximum atomic E-state index is 10.3. The van der Waals surface area contributed by atoms with Gasteiger partial charge in [0.15, 0.2) is 6.29 Å². The van der Waals surface area contributed by atoms with Gasteiger partial charge in [-0.05, 0) is 12.1 Å². The second-order valence-electron chi connectivity index (χ2n) is 2.83. The zero-order valence-corrected chi connectivity index (χ0v) is 8.26. The summed E-state index contributed by atoms with van der Waals surface area (Å²) < 4.78 is 0. The lowest BCUT2D eigenvalue weighted by atomic mass is 10.1. The summed E-state index contributed by atoms with van der Waals surface area (Å²) in [5.41, 5.74) is 0.762. The highest BCUT2D eigenvalue weighted by atomic mass is 32.1. The molecular weight excluding hydrogens is 202 g/mol. The first-order valence-corrected chi connectivity index (χ1v) is 4.70. The third-order valence-electron chi connectivity index (χ3n) is 1.80. The van der Waals surface area contributed by atoms with Crippen molar-refractivity contribution in [1.29, 1.82) is 0 Å². The number of hydrogen-bond acceptors (Lipinski definition) is 5. The van der Waals surface area contributed by atoms with Crippen molar-refractivity contribution in [3.8, 4) is 0 Å². The van der Waals surface area contributed by atoms with E-state index in [0.717, 1.165) is 0 Å². The fourth-order valence-electron chi connectivity index (χ4n) is 0.958. The minimum atomic E-state index is -1.06. The predicted molar refractivity (Wildman–Crippen MR) is 54.4 cm³/mol. The van der Waals surface area contributed by atoms with Crippen molar-refractivity contribution < 1.29 is 15.0 Å². The van der Waals surface area contributed by atoms with Crippen LogP contribution < -0.4 is 0 Å². The molecule has 76 valence electrons. The molecule has 0 fully saturated rings. The van der Waals surface area contributed by atoms with E-state index in [-0.39, 0.29) is 5.75 Å². The fraction of sp³-hybridized carbons (Fsp3) is 0.333. The molecule has 0 radical (unpaired) electrons. The Morgan fingerprint density at radius 3 is 2.64 bits per heavy atom. The molecule has 0 aromatic carbocycles. The standard InChI is InChI=1S/C9H11NO3S/c11-4-6-1-2-7(10-3-6)9(13)8(12)5-14/h1-4,8-9,12-14H,5H2. The van der Waals surface area contributed by atoms with Crippen LogP contribution in [0.15, 0.2) is 18.3 Å². The van der Waals surface area contributed by atoms with Gasteiger partial charge in [-0.25, -0.2) is 0 Å². The van der Waals surface area contributed by atoms with Crippen molar-refractivity contribution in [1.82, 2.24) is 4.98 Å². The predicted octanol–water partition coefficient (Wildman–Crippen LogP) is 0.218. The topological polar surface area (TPSA) is 70.4 Å². The number of aliphatic hydroxyl groups is 2. The summed E-state index contributed by atoms with van der Waals surface area (Å²) in [6, 6.07) is 3.03. The van der Waals surface area contributed by atoms with Crippen LogP contribution in [0.1, 0.15) is 22.2 Å². The summed E-state index contributed by atoms with van der Waals surface area (Å²) in [5.74, 6) is 0.151. The molecule has 14 heavy (non-hydrogen) atoms. The number of nitrogens with zero attached hydrogens (tertiary/aromatic N) is 1. The number of thiol groups is 1. The first-order valence-electron chi connectivity index (χ1n) is 4.07. The highest BCUT2D eigenvalue weighted by molar-refractivity contribution is 7.80. The summed E-state index contributed by atoms with van der Waals surface area (Å²) in [4.78, 5) is 14.2. The number of aliphatic hydroxyl groups excluding tert-OH is 2. The first-order chi connectivity index (χ1) is 6.69. The Bertz CT molecular complexity index is 301. The molecule has 0 spiro atoms. The molecule has 1 heterocycles. The Balaban J connectivity index is 2.80. The van der Waals surface area contributed by atoms with Gasteiger partial charge in [-0.15, -0.1) is 0 Å². The second-order valence-corrected chi connectivity index (χ2v) is 3.19. The zero-order chi connectivity index (χ0) is 10.6. The van der Waals surface area contributed by atoms with Crippen molar-refractivity contribution in [3.63, 3.8) is 0 Å². The molecule has 1 rings (SSSR count). The van der Waals surface area contributed by atoms with Gasteiger partial charge in [0.25, 0.3) is 0 Å². The van der Waals surface area contributed by atoms with Crippen LogP contribution in [0.3, 0.4) is 0 Å². The molecule has 5 heteroatoms. The largest absolute Gasteiger partial charge is 0.389 e. The van der Waals surface area contributed by atoms with Crippen molar-refractivity contribution in [2.24, 2.45) is 0 Å². The highest BCUT2D eigenvalue weighted by Gasteiger charge is 2.17. The Labute approximate surface area is 87.0 Å². The van der Waals surface area contributed by atoms with E-state index in [1.54, 1.807) is 0 Å². The molecule has 2 atom stereocenters. The summed E-state index contributed by atoms with van der Waals surface area (Å²) in [6.07, 6.45) is -0.00394. The summed E-state index contributed by atoms with van der Waals surface area (Å²) in [5, 5.41) is 18.8. The number of carbonyl (C=O) groups excluding carboxylic acids is 1. The third kappa shape index (κ3) is 2.54. The average Bonchev–Trinajstić information content (AvgIpc) is 2.27. The molecule has 0 saturated heterocycles. The van der Waals surface area contributed by atoms with Crippen LogP contribution in [-0.2, 0) is 0 Å². The van der Waals surface area contributed by atoms with E-state index in [1.165, 1.54) is 18.3 Å². The first kappa shape index (κ1) is 11.2. The van der Waals surface area contributed by atoms with Gasteiger partial charge in [-0.2, -0.15) is 12.6 Å². The monoisotopic (exact) mass is 213 g/mol. The van der Waals surface area contributed by atoms with Crippen LogP contribution in [0.5, 0.6) is 0 Å². The van der Waals surface area contributed by atoms with E-state index in [0.29, 0.717) is 17.5 Å². The summed E-state index contributed by atoms with van der Waals surface area (Å²) >= 11 is 3.85. The molecule has 0 aliphatic rings. The number of hydrogen-bond donors (Lipinski definition) is 3. The SMILES string of the molecule is O=Cc1ccc(C(O)C(O)CS)nc1. The zero-order valence-electron chi connectivity index (χ0n) is 7.37. The maximum Gasteiger partial charge on any atom is 0.151 e. The van der Waals surface area contributed by atoms with Crippen molar-refractivity contribution >= 4 is 18.9 Å². The smallest absolute Gasteiger partial charge is 0.151 e. The molecule has 0 aliphatic heterocycles. The Hall–Kier alpha value is -0.910. The molecule has 0 saturated carbocycles. The van der Waals surface area contributed by atoms with Gasteiger partial charge in [0.2, 0.25) is 0 Å². The lowest BCUT2D eigenvalue weighted by molar-refractivity contribution is 0.0310. The van der Waals surface area contributed by atoms with E-state index >= 15 is 0 Å². The number of carbonyl (C=O) groups is 1. The van der Waals surface area contributed by atoms with Gasteiger partial charge in [-0.3, -0.25) is 9.78 Å². The summed E-state index contributed by atoms with van der Waals surface area (Å²) in [6.45, 7) is 0. The number of aromatic nitrogens is 1. The van der Waals surface area contributed by atoms with Gasteiger partial charge >= 0.3 is 0 Å². The van der Waals surface area contributed by atoms with Crippen LogP contribution in [-0.4, -0.2) is 33.3 Å². The Morgan fingerprint density at radius 1 is 1.50 bits per heavy atom. The van der Waals surface area contributed by atoms with Crippen molar-refractivity contribution in [2.75, 3.05) is 5.75 Å².